The van der Waals surface area contributed by atoms with E-state index in [9.17, 15) is 14.7 Å². The minimum Gasteiger partial charge on any atom is -0.481 e. The van der Waals surface area contributed by atoms with Crippen molar-refractivity contribution in [3.8, 4) is 0 Å². The Morgan fingerprint density at radius 2 is 2.00 bits per heavy atom. The number of aliphatic carboxylic acids is 1. The van der Waals surface area contributed by atoms with Crippen molar-refractivity contribution in [3.63, 3.8) is 0 Å². The predicted molar refractivity (Wildman–Crippen MR) is 72.9 cm³/mol. The molecule has 3 N–H and O–H groups in total. The molecule has 0 aliphatic carbocycles. The highest BCUT2D eigenvalue weighted by atomic mass is 16.4. The molecule has 2 amide bonds. The molecule has 0 spiro atoms. The summed E-state index contributed by atoms with van der Waals surface area (Å²) >= 11 is 0. The second-order valence-electron chi connectivity index (χ2n) is 4.53. The summed E-state index contributed by atoms with van der Waals surface area (Å²) in [7, 11) is 0. The van der Waals surface area contributed by atoms with Gasteiger partial charge in [-0.15, -0.1) is 0 Å². The topological polar surface area (TPSA) is 104 Å². The highest BCUT2D eigenvalue weighted by Crippen LogP contribution is 2.25. The van der Waals surface area contributed by atoms with Gasteiger partial charge >= 0.3 is 12.0 Å². The third-order valence-corrected chi connectivity index (χ3v) is 3.47. The average molecular weight is 280 g/mol. The minimum absolute atomic E-state index is 0.102. The molecule has 7 heteroatoms. The Morgan fingerprint density at radius 1 is 1.30 bits per heavy atom. The Labute approximate surface area is 117 Å². The monoisotopic (exact) mass is 280 g/mol. The maximum atomic E-state index is 11.7. The molecule has 1 aromatic rings. The number of nitrogens with one attached hydrogen (secondary N) is 2. The van der Waals surface area contributed by atoms with E-state index in [1.165, 1.54) is 6.33 Å². The van der Waals surface area contributed by atoms with Crippen LogP contribution in [0, 0.1) is 5.41 Å². The lowest BCUT2D eigenvalue weighted by Crippen LogP contribution is -2.45. The van der Waals surface area contributed by atoms with Crippen molar-refractivity contribution in [2.24, 2.45) is 5.41 Å². The third-order valence-electron chi connectivity index (χ3n) is 3.47. The summed E-state index contributed by atoms with van der Waals surface area (Å²) in [4.78, 5) is 30.7. The molecule has 0 atom stereocenters. The van der Waals surface area contributed by atoms with Crippen LogP contribution in [0.15, 0.2) is 18.6 Å². The maximum Gasteiger partial charge on any atom is 0.315 e. The fraction of sp³-hybridized carbons (Fsp3) is 0.538. The van der Waals surface area contributed by atoms with Crippen molar-refractivity contribution >= 4 is 12.0 Å². The summed E-state index contributed by atoms with van der Waals surface area (Å²) in [5.74, 6) is -0.890. The first kappa shape index (κ1) is 15.9. The zero-order chi connectivity index (χ0) is 15.0. The van der Waals surface area contributed by atoms with Crippen molar-refractivity contribution in [2.75, 3.05) is 6.54 Å². The fourth-order valence-corrected chi connectivity index (χ4v) is 1.78. The van der Waals surface area contributed by atoms with E-state index in [2.05, 4.69) is 20.6 Å². The van der Waals surface area contributed by atoms with Crippen LogP contribution in [0.3, 0.4) is 0 Å². The number of urea groups is 1. The smallest absolute Gasteiger partial charge is 0.315 e. The maximum absolute atomic E-state index is 11.7. The molecule has 0 unspecified atom stereocenters. The fourth-order valence-electron chi connectivity index (χ4n) is 1.78. The third kappa shape index (κ3) is 4.18. The Kier molecular flexibility index (Phi) is 5.89. The van der Waals surface area contributed by atoms with Gasteiger partial charge in [0.05, 0.1) is 17.7 Å². The number of carboxylic acids is 1. The molecular formula is C13H20N4O3. The lowest BCUT2D eigenvalue weighted by Gasteiger charge is -2.26. The zero-order valence-electron chi connectivity index (χ0n) is 11.7. The number of hydrogen-bond acceptors (Lipinski definition) is 4. The van der Waals surface area contributed by atoms with E-state index in [1.54, 1.807) is 26.1 Å². The van der Waals surface area contributed by atoms with Gasteiger partial charge in [-0.25, -0.2) is 14.8 Å². The molecule has 1 heterocycles. The quantitative estimate of drug-likeness (QED) is 0.695. The van der Waals surface area contributed by atoms with E-state index in [0.29, 0.717) is 18.5 Å². The summed E-state index contributed by atoms with van der Waals surface area (Å²) < 4.78 is 0. The summed E-state index contributed by atoms with van der Waals surface area (Å²) in [6.07, 6.45) is 3.92. The normalized spacial score (nSPS) is 10.9. The lowest BCUT2D eigenvalue weighted by atomic mass is 9.82. The van der Waals surface area contributed by atoms with E-state index in [0.717, 1.165) is 0 Å². The second-order valence-corrected chi connectivity index (χ2v) is 4.53. The summed E-state index contributed by atoms with van der Waals surface area (Å²) in [5.41, 5.74) is -0.225. The largest absolute Gasteiger partial charge is 0.481 e. The highest BCUT2D eigenvalue weighted by molar-refractivity contribution is 5.78. The lowest BCUT2D eigenvalue weighted by molar-refractivity contribution is -0.149. The molecule has 110 valence electrons. The Hall–Kier alpha value is -2.18. The van der Waals surface area contributed by atoms with Gasteiger partial charge < -0.3 is 15.7 Å². The average Bonchev–Trinajstić information content (AvgIpc) is 2.47. The van der Waals surface area contributed by atoms with E-state index in [4.69, 9.17) is 0 Å². The van der Waals surface area contributed by atoms with Crippen molar-refractivity contribution < 1.29 is 14.7 Å². The van der Waals surface area contributed by atoms with Crippen molar-refractivity contribution in [2.45, 2.75) is 33.2 Å². The number of aromatic nitrogens is 2. The van der Waals surface area contributed by atoms with Crippen LogP contribution in [0.2, 0.25) is 0 Å². The summed E-state index contributed by atoms with van der Waals surface area (Å²) in [6, 6.07) is 1.29. The number of amides is 2. The summed E-state index contributed by atoms with van der Waals surface area (Å²) in [5, 5.41) is 14.5. The van der Waals surface area contributed by atoms with Crippen molar-refractivity contribution in [3.05, 3.63) is 24.3 Å². The van der Waals surface area contributed by atoms with Gasteiger partial charge in [-0.3, -0.25) is 4.79 Å². The molecule has 20 heavy (non-hydrogen) atoms. The Morgan fingerprint density at radius 3 is 2.50 bits per heavy atom. The van der Waals surface area contributed by atoms with Crippen LogP contribution in [0.4, 0.5) is 4.79 Å². The summed E-state index contributed by atoms with van der Waals surface area (Å²) in [6.45, 7) is 3.98. The molecule has 0 saturated carbocycles. The van der Waals surface area contributed by atoms with Gasteiger partial charge in [0.15, 0.2) is 0 Å². The first-order valence-electron chi connectivity index (χ1n) is 6.54. The first-order chi connectivity index (χ1) is 9.54. The molecule has 0 aromatic carbocycles. The van der Waals surface area contributed by atoms with Gasteiger partial charge in [0.2, 0.25) is 0 Å². The standard InChI is InChI=1S/C13H20N4O3/c1-3-13(4-2,11(18)19)8-16-12(20)15-7-10-5-6-14-9-17-10/h5-6,9H,3-4,7-8H2,1-2H3,(H,18,19)(H2,15,16,20). The molecule has 7 nitrogen and oxygen atoms in total. The number of hydrogen-bond donors (Lipinski definition) is 3. The molecule has 1 rings (SSSR count). The predicted octanol–water partition coefficient (Wildman–Crippen LogP) is 1.17. The molecule has 0 bridgehead atoms. The van der Waals surface area contributed by atoms with Crippen LogP contribution >= 0.6 is 0 Å². The molecule has 0 fully saturated rings. The number of nitrogens with zero attached hydrogens (tertiary/aromatic N) is 2. The van der Waals surface area contributed by atoms with Gasteiger partial charge in [0, 0.05) is 12.7 Å². The van der Waals surface area contributed by atoms with Crippen LogP contribution < -0.4 is 10.6 Å². The number of carbonyl (C=O) groups is 2. The van der Waals surface area contributed by atoms with Crippen LogP contribution in [0.25, 0.3) is 0 Å². The van der Waals surface area contributed by atoms with Crippen LogP contribution in [0.1, 0.15) is 32.4 Å². The number of carboxylic acid groups (broad SMARTS) is 1. The highest BCUT2D eigenvalue weighted by Gasteiger charge is 2.35. The van der Waals surface area contributed by atoms with Gasteiger partial charge in [-0.2, -0.15) is 0 Å². The molecule has 0 radical (unpaired) electrons. The van der Waals surface area contributed by atoms with E-state index >= 15 is 0 Å². The molecule has 0 saturated heterocycles. The van der Waals surface area contributed by atoms with E-state index in [1.807, 2.05) is 0 Å². The number of rotatable bonds is 7. The number of carbonyl (C=O) groups excluding carboxylic acids is 1. The van der Waals surface area contributed by atoms with Crippen molar-refractivity contribution in [1.82, 2.24) is 20.6 Å². The SMILES string of the molecule is CCC(CC)(CNC(=O)NCc1ccncn1)C(=O)O. The molecule has 1 aromatic heterocycles. The zero-order valence-corrected chi connectivity index (χ0v) is 11.7. The van der Waals surface area contributed by atoms with E-state index in [-0.39, 0.29) is 13.1 Å². The van der Waals surface area contributed by atoms with Gasteiger partial charge in [0.1, 0.15) is 6.33 Å². The Balaban J connectivity index is 2.44. The molecule has 0 aliphatic heterocycles. The molecule has 0 aliphatic rings. The van der Waals surface area contributed by atoms with Crippen LogP contribution in [0.5, 0.6) is 0 Å². The first-order valence-corrected chi connectivity index (χ1v) is 6.54. The van der Waals surface area contributed by atoms with Gasteiger partial charge in [0.25, 0.3) is 0 Å². The van der Waals surface area contributed by atoms with Crippen molar-refractivity contribution in [1.29, 1.82) is 0 Å². The van der Waals surface area contributed by atoms with Crippen LogP contribution in [-0.2, 0) is 11.3 Å². The minimum atomic E-state index is -0.910. The van der Waals surface area contributed by atoms with Gasteiger partial charge in [-0.05, 0) is 18.9 Å². The van der Waals surface area contributed by atoms with Gasteiger partial charge in [-0.1, -0.05) is 13.8 Å². The Bertz CT molecular complexity index is 446. The van der Waals surface area contributed by atoms with E-state index < -0.39 is 17.4 Å². The van der Waals surface area contributed by atoms with Crippen LogP contribution in [-0.4, -0.2) is 33.6 Å². The molecular weight excluding hydrogens is 260 g/mol. The second kappa shape index (κ2) is 7.42.